The molecule has 3 heterocycles. The minimum absolute atomic E-state index is 0.532. The molecule has 34 heavy (non-hydrogen) atoms. The Hall–Kier alpha value is -3.86. The molecular weight excluding hydrogens is 440 g/mol. The van der Waals surface area contributed by atoms with Gasteiger partial charge >= 0.3 is 0 Å². The van der Waals surface area contributed by atoms with Crippen LogP contribution in [0, 0.1) is 18.3 Å². The van der Waals surface area contributed by atoms with Gasteiger partial charge in [-0.2, -0.15) is 5.26 Å². The third-order valence-corrected chi connectivity index (χ3v) is 7.07. The second-order valence-corrected chi connectivity index (χ2v) is 9.63. The Kier molecular flexibility index (Phi) is 5.93. The quantitative estimate of drug-likeness (QED) is 0.261. The van der Waals surface area contributed by atoms with Crippen molar-refractivity contribution in [2.24, 2.45) is 0 Å². The number of pyridine rings is 1. The second-order valence-electron chi connectivity index (χ2n) is 8.60. The van der Waals surface area contributed by atoms with Gasteiger partial charge in [-0.3, -0.25) is 0 Å². The van der Waals surface area contributed by atoms with Crippen molar-refractivity contribution in [1.29, 1.82) is 5.26 Å². The van der Waals surface area contributed by atoms with E-state index in [9.17, 15) is 5.26 Å². The van der Waals surface area contributed by atoms with Gasteiger partial charge in [0.1, 0.15) is 10.9 Å². The van der Waals surface area contributed by atoms with Crippen molar-refractivity contribution in [3.8, 4) is 16.5 Å². The molecule has 0 atom stereocenters. The monoisotopic (exact) mass is 466 g/mol. The van der Waals surface area contributed by atoms with Crippen LogP contribution in [0.4, 0.5) is 17.1 Å². The summed E-state index contributed by atoms with van der Waals surface area (Å²) < 4.78 is 0. The molecule has 0 saturated heterocycles. The summed E-state index contributed by atoms with van der Waals surface area (Å²) in [6.07, 6.45) is 3.61. The number of nitriles is 1. The maximum absolute atomic E-state index is 9.80. The van der Waals surface area contributed by atoms with Crippen LogP contribution in [-0.4, -0.2) is 42.1 Å². The number of nitrogens with one attached hydrogen (secondary N) is 3. The van der Waals surface area contributed by atoms with Crippen molar-refractivity contribution in [3.63, 3.8) is 0 Å². The zero-order valence-corrected chi connectivity index (χ0v) is 20.3. The number of fused-ring (bicyclic) bond motifs is 2. The molecule has 7 heteroatoms. The van der Waals surface area contributed by atoms with Crippen LogP contribution in [0.5, 0.6) is 0 Å². The second kappa shape index (κ2) is 9.18. The number of aromatic amines is 1. The summed E-state index contributed by atoms with van der Waals surface area (Å²) in [4.78, 5) is 12.0. The van der Waals surface area contributed by atoms with Gasteiger partial charge in [0.2, 0.25) is 0 Å². The highest BCUT2D eigenvalue weighted by Crippen LogP contribution is 2.39. The van der Waals surface area contributed by atoms with Gasteiger partial charge in [-0.1, -0.05) is 12.1 Å². The van der Waals surface area contributed by atoms with Gasteiger partial charge in [0.25, 0.3) is 0 Å². The highest BCUT2D eigenvalue weighted by molar-refractivity contribution is 7.22. The van der Waals surface area contributed by atoms with Crippen LogP contribution >= 0.6 is 11.3 Å². The predicted octanol–water partition coefficient (Wildman–Crippen LogP) is 6.34. The Balaban J connectivity index is 1.52. The van der Waals surface area contributed by atoms with Crippen LogP contribution in [0.25, 0.3) is 31.6 Å². The van der Waals surface area contributed by atoms with Crippen LogP contribution in [0.3, 0.4) is 0 Å². The highest BCUT2D eigenvalue weighted by atomic mass is 32.1. The lowest BCUT2D eigenvalue weighted by Gasteiger charge is -2.13. The van der Waals surface area contributed by atoms with Gasteiger partial charge in [-0.25, -0.2) is 4.98 Å². The van der Waals surface area contributed by atoms with Gasteiger partial charge in [-0.15, -0.1) is 11.3 Å². The summed E-state index contributed by atoms with van der Waals surface area (Å²) in [6, 6.07) is 19.1. The maximum Gasteiger partial charge on any atom is 0.126 e. The van der Waals surface area contributed by atoms with Crippen molar-refractivity contribution in [1.82, 2.24) is 14.9 Å². The fourth-order valence-corrected chi connectivity index (χ4v) is 5.12. The minimum atomic E-state index is 0.532. The van der Waals surface area contributed by atoms with E-state index in [-0.39, 0.29) is 0 Å². The van der Waals surface area contributed by atoms with E-state index >= 15 is 0 Å². The molecule has 0 amide bonds. The lowest BCUT2D eigenvalue weighted by atomic mass is 10.1. The van der Waals surface area contributed by atoms with Gasteiger partial charge in [0.05, 0.1) is 11.3 Å². The van der Waals surface area contributed by atoms with Crippen LogP contribution in [0.1, 0.15) is 11.1 Å². The highest BCUT2D eigenvalue weighted by Gasteiger charge is 2.15. The van der Waals surface area contributed by atoms with Crippen molar-refractivity contribution >= 4 is 49.5 Å². The van der Waals surface area contributed by atoms with Crippen LogP contribution in [-0.2, 0) is 0 Å². The predicted molar refractivity (Wildman–Crippen MR) is 143 cm³/mol. The largest absolute Gasteiger partial charge is 0.384 e. The van der Waals surface area contributed by atoms with Crippen molar-refractivity contribution in [2.75, 3.05) is 37.8 Å². The molecule has 170 valence electrons. The van der Waals surface area contributed by atoms with E-state index in [0.717, 1.165) is 61.9 Å². The van der Waals surface area contributed by atoms with Crippen molar-refractivity contribution in [3.05, 3.63) is 72.1 Å². The first kappa shape index (κ1) is 22.0. The first-order valence-corrected chi connectivity index (χ1v) is 12.0. The Bertz CT molecular complexity index is 1520. The zero-order valence-electron chi connectivity index (χ0n) is 19.4. The third-order valence-electron chi connectivity index (χ3n) is 5.98. The van der Waals surface area contributed by atoms with Crippen LogP contribution in [0.2, 0.25) is 0 Å². The summed E-state index contributed by atoms with van der Waals surface area (Å²) in [5.41, 5.74) is 6.78. The molecule has 0 fully saturated rings. The molecule has 0 aliphatic carbocycles. The number of anilines is 3. The number of aryl methyl sites for hydroxylation is 1. The van der Waals surface area contributed by atoms with Crippen LogP contribution < -0.4 is 10.6 Å². The number of aromatic nitrogens is 2. The standard InChI is InChI=1S/C27H26N6S/c1-17-21-9-10-30-24(21)8-7-23(17)32-26-19(15-28)16-31-27-22(26)14-25(34-27)18-5-4-6-20(13-18)29-11-12-33(2)3/h4-10,13-14,16,29-30H,11-12H2,1-3H3,(H,31,32). The zero-order chi connectivity index (χ0) is 23.7. The summed E-state index contributed by atoms with van der Waals surface area (Å²) in [6.45, 7) is 3.95. The van der Waals surface area contributed by atoms with E-state index in [0.29, 0.717) is 5.56 Å². The molecule has 0 aliphatic rings. The lowest BCUT2D eigenvalue weighted by Crippen LogP contribution is -2.20. The van der Waals surface area contributed by atoms with Gasteiger partial charge < -0.3 is 20.5 Å². The SMILES string of the molecule is Cc1c(Nc2c(C#N)cnc3sc(-c4cccc(NCCN(C)C)c4)cc23)ccc2[nH]ccc12. The molecule has 0 radical (unpaired) electrons. The Labute approximate surface area is 202 Å². The lowest BCUT2D eigenvalue weighted by molar-refractivity contribution is 0.425. The number of H-pyrrole nitrogens is 1. The average Bonchev–Trinajstić information content (AvgIpc) is 3.49. The summed E-state index contributed by atoms with van der Waals surface area (Å²) in [5.74, 6) is 0. The number of nitrogens with zero attached hydrogens (tertiary/aromatic N) is 3. The van der Waals surface area contributed by atoms with Crippen molar-refractivity contribution < 1.29 is 0 Å². The minimum Gasteiger partial charge on any atom is -0.384 e. The molecule has 0 spiro atoms. The van der Waals surface area contributed by atoms with E-state index in [1.54, 1.807) is 17.5 Å². The number of hydrogen-bond acceptors (Lipinski definition) is 6. The first-order chi connectivity index (χ1) is 16.5. The fraction of sp³-hybridized carbons (Fsp3) is 0.185. The smallest absolute Gasteiger partial charge is 0.126 e. The molecule has 0 unspecified atom stereocenters. The number of thiophene rings is 1. The molecule has 0 bridgehead atoms. The summed E-state index contributed by atoms with van der Waals surface area (Å²) in [5, 5.41) is 19.0. The molecule has 5 rings (SSSR count). The third kappa shape index (κ3) is 4.21. The van der Waals surface area contributed by atoms with E-state index in [1.807, 2.05) is 6.20 Å². The Morgan fingerprint density at radius 1 is 1.12 bits per heavy atom. The molecule has 5 aromatic rings. The topological polar surface area (TPSA) is 79.8 Å². The molecule has 3 aromatic heterocycles. The van der Waals surface area contributed by atoms with Crippen molar-refractivity contribution in [2.45, 2.75) is 6.92 Å². The number of hydrogen-bond donors (Lipinski definition) is 3. The summed E-state index contributed by atoms with van der Waals surface area (Å²) >= 11 is 1.64. The van der Waals surface area contributed by atoms with E-state index in [2.05, 4.69) is 101 Å². The van der Waals surface area contributed by atoms with Gasteiger partial charge in [0.15, 0.2) is 0 Å². The molecule has 3 N–H and O–H groups in total. The number of rotatable bonds is 7. The van der Waals surface area contributed by atoms with E-state index in [1.165, 1.54) is 5.39 Å². The van der Waals surface area contributed by atoms with Crippen LogP contribution in [0.15, 0.2) is 60.9 Å². The molecular formula is C27H26N6S. The summed E-state index contributed by atoms with van der Waals surface area (Å²) in [7, 11) is 4.14. The number of benzene rings is 2. The maximum atomic E-state index is 9.80. The molecule has 6 nitrogen and oxygen atoms in total. The number of likely N-dealkylation sites (N-methyl/N-ethyl adjacent to an activating group) is 1. The van der Waals surface area contributed by atoms with E-state index < -0.39 is 0 Å². The Morgan fingerprint density at radius 3 is 2.82 bits per heavy atom. The van der Waals surface area contributed by atoms with Gasteiger partial charge in [-0.05, 0) is 68.5 Å². The fourth-order valence-electron chi connectivity index (χ4n) is 4.11. The molecule has 0 aliphatic heterocycles. The molecule has 0 saturated carbocycles. The normalized spacial score (nSPS) is 11.3. The van der Waals surface area contributed by atoms with E-state index in [4.69, 9.17) is 0 Å². The van der Waals surface area contributed by atoms with Gasteiger partial charge in [0, 0.05) is 58.0 Å². The Morgan fingerprint density at radius 2 is 2.00 bits per heavy atom. The average molecular weight is 467 g/mol. The first-order valence-electron chi connectivity index (χ1n) is 11.2. The molecule has 2 aromatic carbocycles.